The average Bonchev–Trinajstić information content (AvgIpc) is 2.40. The highest BCUT2D eigenvalue weighted by Gasteiger charge is 2.24. The number of hydrogen-bond acceptors (Lipinski definition) is 2. The predicted molar refractivity (Wildman–Crippen MR) is 70.5 cm³/mol. The molecule has 0 fully saturated rings. The molecule has 0 aliphatic rings. The maximum Gasteiger partial charge on any atom is 0.245 e. The molecule has 0 aliphatic heterocycles. The van der Waals surface area contributed by atoms with Crippen LogP contribution in [0.15, 0.2) is 30.3 Å². The summed E-state index contributed by atoms with van der Waals surface area (Å²) in [5, 5.41) is 9.19. The van der Waals surface area contributed by atoms with E-state index in [4.69, 9.17) is 6.42 Å². The van der Waals surface area contributed by atoms with Crippen molar-refractivity contribution >= 4 is 5.91 Å². The zero-order chi connectivity index (χ0) is 13.4. The van der Waals surface area contributed by atoms with E-state index in [2.05, 4.69) is 12.0 Å². The smallest absolute Gasteiger partial charge is 0.245 e. The van der Waals surface area contributed by atoms with Crippen LogP contribution >= 0.6 is 0 Å². The summed E-state index contributed by atoms with van der Waals surface area (Å²) >= 11 is 0. The molecule has 1 unspecified atom stereocenters. The van der Waals surface area contributed by atoms with Crippen molar-refractivity contribution in [2.24, 2.45) is 0 Å². The summed E-state index contributed by atoms with van der Waals surface area (Å²) < 4.78 is 0. The predicted octanol–water partition coefficient (Wildman–Crippen LogP) is 2.17. The van der Waals surface area contributed by atoms with Crippen LogP contribution in [0.1, 0.15) is 24.8 Å². The van der Waals surface area contributed by atoms with Crippen LogP contribution in [-0.2, 0) is 4.79 Å². The number of nitriles is 1. The molecule has 1 rings (SSSR count). The number of rotatable bonds is 5. The van der Waals surface area contributed by atoms with Gasteiger partial charge in [-0.3, -0.25) is 4.79 Å². The minimum atomic E-state index is -0.772. The summed E-state index contributed by atoms with van der Waals surface area (Å²) in [6, 6.07) is 11.1. The molecule has 1 aromatic carbocycles. The summed E-state index contributed by atoms with van der Waals surface area (Å²) in [5.74, 6) is 1.47. The molecule has 0 aliphatic carbocycles. The molecule has 0 N–H and O–H groups in total. The number of terminal acetylenes is 1. The van der Waals surface area contributed by atoms with Crippen LogP contribution in [0.3, 0.4) is 0 Å². The van der Waals surface area contributed by atoms with Gasteiger partial charge in [0, 0.05) is 6.54 Å². The normalized spacial score (nSPS) is 11.1. The lowest BCUT2D eigenvalue weighted by Gasteiger charge is -2.22. The van der Waals surface area contributed by atoms with Crippen LogP contribution in [0.5, 0.6) is 0 Å². The van der Waals surface area contributed by atoms with Crippen molar-refractivity contribution in [1.29, 1.82) is 5.26 Å². The van der Waals surface area contributed by atoms with Crippen LogP contribution in [0.4, 0.5) is 0 Å². The number of nitrogens with zero attached hydrogens (tertiary/aromatic N) is 2. The van der Waals surface area contributed by atoms with Gasteiger partial charge in [-0.25, -0.2) is 0 Å². The number of amides is 1. The van der Waals surface area contributed by atoms with Crippen LogP contribution < -0.4 is 0 Å². The van der Waals surface area contributed by atoms with Gasteiger partial charge in [0.1, 0.15) is 5.92 Å². The molecule has 0 bridgehead atoms. The average molecular weight is 240 g/mol. The van der Waals surface area contributed by atoms with Crippen LogP contribution in [0, 0.1) is 23.7 Å². The Balaban J connectivity index is 2.92. The third-order valence-electron chi connectivity index (χ3n) is 2.60. The van der Waals surface area contributed by atoms with Crippen LogP contribution in [-0.4, -0.2) is 23.9 Å². The molecule has 0 aromatic heterocycles. The monoisotopic (exact) mass is 240 g/mol. The van der Waals surface area contributed by atoms with Crippen molar-refractivity contribution in [1.82, 2.24) is 4.90 Å². The lowest BCUT2D eigenvalue weighted by molar-refractivity contribution is -0.130. The maximum atomic E-state index is 12.3. The van der Waals surface area contributed by atoms with E-state index in [1.165, 1.54) is 0 Å². The highest BCUT2D eigenvalue weighted by molar-refractivity contribution is 5.86. The van der Waals surface area contributed by atoms with Crippen molar-refractivity contribution in [2.75, 3.05) is 13.1 Å². The fourth-order valence-electron chi connectivity index (χ4n) is 1.75. The van der Waals surface area contributed by atoms with Crippen LogP contribution in [0.2, 0.25) is 0 Å². The third kappa shape index (κ3) is 3.37. The van der Waals surface area contributed by atoms with E-state index < -0.39 is 5.92 Å². The molecule has 1 atom stereocenters. The van der Waals surface area contributed by atoms with Gasteiger partial charge in [-0.15, -0.1) is 6.42 Å². The minimum Gasteiger partial charge on any atom is -0.330 e. The quantitative estimate of drug-likeness (QED) is 0.740. The van der Waals surface area contributed by atoms with Gasteiger partial charge in [-0.1, -0.05) is 43.2 Å². The summed E-state index contributed by atoms with van der Waals surface area (Å²) in [5.41, 5.74) is 0.711. The lowest BCUT2D eigenvalue weighted by Crippen LogP contribution is -2.35. The van der Waals surface area contributed by atoms with E-state index in [-0.39, 0.29) is 12.5 Å². The van der Waals surface area contributed by atoms with E-state index in [1.54, 1.807) is 17.0 Å². The molecule has 1 aromatic rings. The van der Waals surface area contributed by atoms with Gasteiger partial charge >= 0.3 is 0 Å². The molecule has 1 amide bonds. The molecule has 0 radical (unpaired) electrons. The first kappa shape index (κ1) is 13.8. The molecule has 0 spiro atoms. The first-order valence-corrected chi connectivity index (χ1v) is 5.91. The Kier molecular flexibility index (Phi) is 5.48. The van der Waals surface area contributed by atoms with E-state index in [0.29, 0.717) is 12.1 Å². The topological polar surface area (TPSA) is 44.1 Å². The fourth-order valence-corrected chi connectivity index (χ4v) is 1.75. The molecule has 0 heterocycles. The highest BCUT2D eigenvalue weighted by atomic mass is 16.2. The number of carbonyl (C=O) groups is 1. The van der Waals surface area contributed by atoms with Crippen molar-refractivity contribution in [2.45, 2.75) is 19.3 Å². The highest BCUT2D eigenvalue weighted by Crippen LogP contribution is 2.17. The van der Waals surface area contributed by atoms with Crippen molar-refractivity contribution in [3.05, 3.63) is 35.9 Å². The van der Waals surface area contributed by atoms with Crippen LogP contribution in [0.25, 0.3) is 0 Å². The van der Waals surface area contributed by atoms with Gasteiger partial charge < -0.3 is 4.90 Å². The summed E-state index contributed by atoms with van der Waals surface area (Å²) in [6.07, 6.45) is 6.07. The second kappa shape index (κ2) is 7.14. The zero-order valence-corrected chi connectivity index (χ0v) is 10.5. The lowest BCUT2D eigenvalue weighted by atomic mass is 9.99. The summed E-state index contributed by atoms with van der Waals surface area (Å²) in [4.78, 5) is 13.8. The van der Waals surface area contributed by atoms with Crippen molar-refractivity contribution in [3.63, 3.8) is 0 Å². The van der Waals surface area contributed by atoms with Gasteiger partial charge in [0.2, 0.25) is 5.91 Å². The third-order valence-corrected chi connectivity index (χ3v) is 2.60. The Labute approximate surface area is 108 Å². The molecule has 3 heteroatoms. The van der Waals surface area contributed by atoms with E-state index in [1.807, 2.05) is 25.1 Å². The second-order valence-corrected chi connectivity index (χ2v) is 3.94. The molecule has 92 valence electrons. The molecular formula is C15H16N2O. The molecular weight excluding hydrogens is 224 g/mol. The standard InChI is InChI=1S/C15H16N2O/c1-3-10-17(11-4-2)15(18)14(12-16)13-8-6-5-7-9-13/h1,5-9,14H,4,10-11H2,2H3. The van der Waals surface area contributed by atoms with E-state index >= 15 is 0 Å². The van der Waals surface area contributed by atoms with Gasteiger partial charge in [-0.05, 0) is 12.0 Å². The molecule has 18 heavy (non-hydrogen) atoms. The first-order chi connectivity index (χ1) is 8.74. The van der Waals surface area contributed by atoms with Gasteiger partial charge in [-0.2, -0.15) is 5.26 Å². The Morgan fingerprint density at radius 1 is 1.44 bits per heavy atom. The second-order valence-electron chi connectivity index (χ2n) is 3.94. The molecule has 0 saturated carbocycles. The molecule has 3 nitrogen and oxygen atoms in total. The maximum absolute atomic E-state index is 12.3. The largest absolute Gasteiger partial charge is 0.330 e. The SMILES string of the molecule is C#CCN(CCC)C(=O)C(C#N)c1ccccc1. The Morgan fingerprint density at radius 3 is 2.61 bits per heavy atom. The Bertz CT molecular complexity index is 468. The fraction of sp³-hybridized carbons (Fsp3) is 0.333. The van der Waals surface area contributed by atoms with Gasteiger partial charge in [0.05, 0.1) is 12.6 Å². The van der Waals surface area contributed by atoms with Crippen molar-refractivity contribution in [3.8, 4) is 18.4 Å². The number of hydrogen-bond donors (Lipinski definition) is 0. The Morgan fingerprint density at radius 2 is 2.11 bits per heavy atom. The summed E-state index contributed by atoms with van der Waals surface area (Å²) in [7, 11) is 0. The van der Waals surface area contributed by atoms with Gasteiger partial charge in [0.15, 0.2) is 0 Å². The Hall–Kier alpha value is -2.26. The first-order valence-electron chi connectivity index (χ1n) is 5.91. The van der Waals surface area contributed by atoms with Crippen molar-refractivity contribution < 1.29 is 4.79 Å². The summed E-state index contributed by atoms with van der Waals surface area (Å²) in [6.45, 7) is 2.80. The minimum absolute atomic E-state index is 0.219. The van der Waals surface area contributed by atoms with E-state index in [9.17, 15) is 10.1 Å². The number of carbonyl (C=O) groups excluding carboxylic acids is 1. The van der Waals surface area contributed by atoms with E-state index in [0.717, 1.165) is 6.42 Å². The molecule has 0 saturated heterocycles. The zero-order valence-electron chi connectivity index (χ0n) is 10.5. The van der Waals surface area contributed by atoms with Gasteiger partial charge in [0.25, 0.3) is 0 Å². The number of benzene rings is 1.